The van der Waals surface area contributed by atoms with E-state index in [9.17, 15) is 9.90 Å². The van der Waals surface area contributed by atoms with Crippen molar-refractivity contribution in [1.82, 2.24) is 9.88 Å². The Bertz CT molecular complexity index is 783. The molecule has 1 N–H and O–H groups in total. The summed E-state index contributed by atoms with van der Waals surface area (Å²) in [4.78, 5) is 19.0. The van der Waals surface area contributed by atoms with Crippen LogP contribution in [0.3, 0.4) is 0 Å². The number of amides is 1. The van der Waals surface area contributed by atoms with Gasteiger partial charge < -0.3 is 14.7 Å². The van der Waals surface area contributed by atoms with Gasteiger partial charge in [0.05, 0.1) is 18.9 Å². The molecule has 5 heteroatoms. The molecule has 1 amide bonds. The van der Waals surface area contributed by atoms with Gasteiger partial charge >= 0.3 is 0 Å². The molecule has 142 valence electrons. The first-order valence-corrected chi connectivity index (χ1v) is 9.30. The van der Waals surface area contributed by atoms with Gasteiger partial charge in [-0.15, -0.1) is 6.58 Å². The fourth-order valence-corrected chi connectivity index (χ4v) is 3.62. The molecular formula is C22H26N2O3. The molecule has 0 saturated carbocycles. The van der Waals surface area contributed by atoms with E-state index in [0.717, 1.165) is 24.2 Å². The Hall–Kier alpha value is -2.66. The molecule has 1 unspecified atom stereocenters. The Labute approximate surface area is 160 Å². The van der Waals surface area contributed by atoms with Gasteiger partial charge in [0.25, 0.3) is 5.91 Å². The minimum atomic E-state index is -0.580. The van der Waals surface area contributed by atoms with Gasteiger partial charge in [0.15, 0.2) is 0 Å². The van der Waals surface area contributed by atoms with Crippen molar-refractivity contribution < 1.29 is 14.6 Å². The summed E-state index contributed by atoms with van der Waals surface area (Å²) in [5, 5.41) is 10.6. The molecule has 2 aromatic rings. The lowest BCUT2D eigenvalue weighted by molar-refractivity contribution is 0.0447. The maximum atomic E-state index is 12.9. The average Bonchev–Trinajstić information content (AvgIpc) is 2.73. The molecule has 0 aliphatic carbocycles. The molecule has 1 aromatic carbocycles. The van der Waals surface area contributed by atoms with Gasteiger partial charge in [0.1, 0.15) is 5.75 Å². The van der Waals surface area contributed by atoms with Crippen molar-refractivity contribution in [3.63, 3.8) is 0 Å². The number of piperidine rings is 1. The number of likely N-dealkylation sites (tertiary alicyclic amines) is 1. The van der Waals surface area contributed by atoms with E-state index in [0.29, 0.717) is 30.8 Å². The van der Waals surface area contributed by atoms with Gasteiger partial charge in [0.2, 0.25) is 0 Å². The highest BCUT2D eigenvalue weighted by atomic mass is 16.5. The summed E-state index contributed by atoms with van der Waals surface area (Å²) in [6.45, 7) is 5.04. The summed E-state index contributed by atoms with van der Waals surface area (Å²) in [5.74, 6) is 0.911. The van der Waals surface area contributed by atoms with Crippen molar-refractivity contribution in [1.29, 1.82) is 0 Å². The van der Waals surface area contributed by atoms with Crippen molar-refractivity contribution in [2.24, 2.45) is 5.92 Å². The first-order chi connectivity index (χ1) is 13.1. The molecule has 1 saturated heterocycles. The predicted molar refractivity (Wildman–Crippen MR) is 105 cm³/mol. The lowest BCUT2D eigenvalue weighted by atomic mass is 9.89. The summed E-state index contributed by atoms with van der Waals surface area (Å²) in [6, 6.07) is 11.1. The summed E-state index contributed by atoms with van der Waals surface area (Å²) in [7, 11) is 1.63. The summed E-state index contributed by atoms with van der Waals surface area (Å²) in [5.41, 5.74) is 2.32. The number of hydrogen-bond acceptors (Lipinski definition) is 4. The van der Waals surface area contributed by atoms with E-state index in [1.807, 2.05) is 41.3 Å². The van der Waals surface area contributed by atoms with Gasteiger partial charge in [-0.3, -0.25) is 9.78 Å². The third-order valence-electron chi connectivity index (χ3n) is 5.16. The lowest BCUT2D eigenvalue weighted by Gasteiger charge is -2.34. The van der Waals surface area contributed by atoms with Crippen LogP contribution < -0.4 is 4.74 Å². The smallest absolute Gasteiger partial charge is 0.253 e. The van der Waals surface area contributed by atoms with E-state index >= 15 is 0 Å². The third kappa shape index (κ3) is 4.37. The number of carbonyl (C=O) groups excluding carboxylic acids is 1. The van der Waals surface area contributed by atoms with Gasteiger partial charge in [0, 0.05) is 24.8 Å². The highest BCUT2D eigenvalue weighted by Gasteiger charge is 2.29. The van der Waals surface area contributed by atoms with E-state index in [2.05, 4.69) is 11.6 Å². The maximum Gasteiger partial charge on any atom is 0.253 e. The number of ether oxygens (including phenoxy) is 1. The number of allylic oxidation sites excluding steroid dienone is 1. The summed E-state index contributed by atoms with van der Waals surface area (Å²) >= 11 is 0. The molecule has 0 spiro atoms. The standard InChI is InChI=1S/C22H26N2O3/c1-3-6-17-15-18(8-9-20(17)27-2)22(26)24-13-10-16(11-14-24)21(25)19-7-4-5-12-23-19/h3-5,7-9,12,15-16,21,25H,1,6,10-11,13-14H2,2H3. The zero-order chi connectivity index (χ0) is 19.2. The Kier molecular flexibility index (Phi) is 6.24. The van der Waals surface area contributed by atoms with Crippen LogP contribution >= 0.6 is 0 Å². The Morgan fingerprint density at radius 1 is 1.37 bits per heavy atom. The van der Waals surface area contributed by atoms with Crippen LogP contribution in [-0.4, -0.2) is 41.1 Å². The maximum absolute atomic E-state index is 12.9. The van der Waals surface area contributed by atoms with Crippen LogP contribution in [0, 0.1) is 5.92 Å². The van der Waals surface area contributed by atoms with Crippen molar-refractivity contribution >= 4 is 5.91 Å². The van der Waals surface area contributed by atoms with Crippen molar-refractivity contribution in [3.8, 4) is 5.75 Å². The number of aliphatic hydroxyl groups is 1. The number of hydrogen-bond donors (Lipinski definition) is 1. The molecule has 0 radical (unpaired) electrons. The fourth-order valence-electron chi connectivity index (χ4n) is 3.62. The quantitative estimate of drug-likeness (QED) is 0.796. The highest BCUT2D eigenvalue weighted by molar-refractivity contribution is 5.94. The summed E-state index contributed by atoms with van der Waals surface area (Å²) < 4.78 is 5.35. The molecule has 3 rings (SSSR count). The molecule has 1 aromatic heterocycles. The van der Waals surface area contributed by atoms with Gasteiger partial charge in [-0.2, -0.15) is 0 Å². The molecule has 27 heavy (non-hydrogen) atoms. The molecular weight excluding hydrogens is 340 g/mol. The number of carbonyl (C=O) groups is 1. The van der Waals surface area contributed by atoms with Crippen molar-refractivity contribution in [2.45, 2.75) is 25.4 Å². The minimum Gasteiger partial charge on any atom is -0.496 e. The van der Waals surface area contributed by atoms with Crippen LogP contribution in [0.4, 0.5) is 0 Å². The third-order valence-corrected chi connectivity index (χ3v) is 5.16. The largest absolute Gasteiger partial charge is 0.496 e. The van der Waals surface area contributed by atoms with Crippen LogP contribution in [0.5, 0.6) is 5.75 Å². The second-order valence-corrected chi connectivity index (χ2v) is 6.85. The van der Waals surface area contributed by atoms with E-state index < -0.39 is 6.10 Å². The van der Waals surface area contributed by atoms with Crippen molar-refractivity contribution in [3.05, 3.63) is 72.1 Å². The molecule has 1 aliphatic rings. The number of methoxy groups -OCH3 is 1. The van der Waals surface area contributed by atoms with E-state index in [4.69, 9.17) is 4.74 Å². The average molecular weight is 366 g/mol. The van der Waals surface area contributed by atoms with Crippen LogP contribution in [0.1, 0.15) is 40.6 Å². The SMILES string of the molecule is C=CCc1cc(C(=O)N2CCC(C(O)c3ccccn3)CC2)ccc1OC. The molecule has 0 bridgehead atoms. The van der Waals surface area contributed by atoms with Crippen LogP contribution in [0.15, 0.2) is 55.3 Å². The number of pyridine rings is 1. The number of rotatable bonds is 6. The van der Waals surface area contributed by atoms with Gasteiger partial charge in [-0.1, -0.05) is 12.1 Å². The van der Waals surface area contributed by atoms with Gasteiger partial charge in [-0.05, 0) is 61.1 Å². The lowest BCUT2D eigenvalue weighted by Crippen LogP contribution is -2.39. The molecule has 5 nitrogen and oxygen atoms in total. The van der Waals surface area contributed by atoms with Crippen LogP contribution in [0.2, 0.25) is 0 Å². The predicted octanol–water partition coefficient (Wildman–Crippen LogP) is 3.40. The Morgan fingerprint density at radius 3 is 2.78 bits per heavy atom. The number of benzene rings is 1. The first kappa shape index (κ1) is 19.1. The monoisotopic (exact) mass is 366 g/mol. The normalized spacial score (nSPS) is 16.0. The highest BCUT2D eigenvalue weighted by Crippen LogP contribution is 2.30. The van der Waals surface area contributed by atoms with E-state index in [1.54, 1.807) is 19.4 Å². The fraction of sp³-hybridized carbons (Fsp3) is 0.364. The number of aliphatic hydroxyl groups excluding tert-OH is 1. The molecule has 1 aliphatic heterocycles. The topological polar surface area (TPSA) is 62.7 Å². The minimum absolute atomic E-state index is 0.0220. The van der Waals surface area contributed by atoms with E-state index in [-0.39, 0.29) is 11.8 Å². The van der Waals surface area contributed by atoms with Crippen molar-refractivity contribution in [2.75, 3.05) is 20.2 Å². The molecule has 1 fully saturated rings. The molecule has 1 atom stereocenters. The Morgan fingerprint density at radius 2 is 2.15 bits per heavy atom. The van der Waals surface area contributed by atoms with Gasteiger partial charge in [-0.25, -0.2) is 0 Å². The Balaban J connectivity index is 1.65. The number of nitrogens with zero attached hydrogens (tertiary/aromatic N) is 2. The second kappa shape index (κ2) is 8.82. The zero-order valence-electron chi connectivity index (χ0n) is 15.7. The number of aromatic nitrogens is 1. The van der Waals surface area contributed by atoms with E-state index in [1.165, 1.54) is 0 Å². The zero-order valence-corrected chi connectivity index (χ0v) is 15.7. The van der Waals surface area contributed by atoms with Crippen LogP contribution in [0.25, 0.3) is 0 Å². The molecule has 2 heterocycles. The van der Waals surface area contributed by atoms with Crippen LogP contribution in [-0.2, 0) is 6.42 Å². The second-order valence-electron chi connectivity index (χ2n) is 6.85. The summed E-state index contributed by atoms with van der Waals surface area (Å²) in [6.07, 6.45) is 5.10. The first-order valence-electron chi connectivity index (χ1n) is 9.30.